The van der Waals surface area contributed by atoms with Crippen molar-refractivity contribution < 1.29 is 19.0 Å². The highest BCUT2D eigenvalue weighted by atomic mass is 16.5. The zero-order chi connectivity index (χ0) is 19.9. The zero-order valence-electron chi connectivity index (χ0n) is 16.6. The molecular weight excluding hydrogens is 368 g/mol. The van der Waals surface area contributed by atoms with E-state index in [1.165, 1.54) is 12.0 Å². The van der Waals surface area contributed by atoms with Crippen LogP contribution in [0.1, 0.15) is 30.4 Å². The summed E-state index contributed by atoms with van der Waals surface area (Å²) in [5, 5.41) is 5.77. The number of urea groups is 1. The number of ether oxygens (including phenoxy) is 3. The Morgan fingerprint density at radius 3 is 2.90 bits per heavy atom. The maximum Gasteiger partial charge on any atom is 0.319 e. The van der Waals surface area contributed by atoms with Gasteiger partial charge in [0.15, 0.2) is 0 Å². The first-order valence-electron chi connectivity index (χ1n) is 10.3. The van der Waals surface area contributed by atoms with Crippen LogP contribution >= 0.6 is 0 Å². The smallest absolute Gasteiger partial charge is 0.319 e. The van der Waals surface area contributed by atoms with E-state index in [2.05, 4.69) is 16.7 Å². The number of hydrogen-bond acceptors (Lipinski definition) is 4. The molecule has 0 aliphatic carbocycles. The average Bonchev–Trinajstić information content (AvgIpc) is 3.16. The van der Waals surface area contributed by atoms with Crippen LogP contribution < -0.4 is 15.4 Å². The molecule has 2 atom stereocenters. The van der Waals surface area contributed by atoms with Gasteiger partial charge in [0.2, 0.25) is 0 Å². The predicted molar refractivity (Wildman–Crippen MR) is 111 cm³/mol. The van der Waals surface area contributed by atoms with E-state index in [0.29, 0.717) is 19.8 Å². The molecule has 1 fully saturated rings. The predicted octanol–water partition coefficient (Wildman–Crippen LogP) is 3.90. The molecule has 2 aliphatic rings. The van der Waals surface area contributed by atoms with E-state index >= 15 is 0 Å². The number of anilines is 1. The normalized spacial score (nSPS) is 20.6. The summed E-state index contributed by atoms with van der Waals surface area (Å²) >= 11 is 0. The van der Waals surface area contributed by atoms with Crippen LogP contribution in [0.4, 0.5) is 10.5 Å². The van der Waals surface area contributed by atoms with Gasteiger partial charge in [0.05, 0.1) is 25.9 Å². The van der Waals surface area contributed by atoms with Crippen molar-refractivity contribution in [1.29, 1.82) is 0 Å². The van der Waals surface area contributed by atoms with Gasteiger partial charge in [0.25, 0.3) is 0 Å². The van der Waals surface area contributed by atoms with Gasteiger partial charge in [-0.1, -0.05) is 30.3 Å². The molecule has 6 heteroatoms. The molecule has 0 saturated carbocycles. The number of nitrogens with one attached hydrogen (secondary N) is 2. The Hall–Kier alpha value is -2.57. The van der Waals surface area contributed by atoms with Crippen LogP contribution in [-0.4, -0.2) is 38.0 Å². The summed E-state index contributed by atoms with van der Waals surface area (Å²) in [6, 6.07) is 15.5. The molecule has 2 N–H and O–H groups in total. The van der Waals surface area contributed by atoms with E-state index in [1.54, 1.807) is 0 Å². The molecule has 0 aromatic heterocycles. The Morgan fingerprint density at radius 2 is 2.03 bits per heavy atom. The van der Waals surface area contributed by atoms with Crippen LogP contribution in [0.3, 0.4) is 0 Å². The molecule has 29 heavy (non-hydrogen) atoms. The monoisotopic (exact) mass is 396 g/mol. The summed E-state index contributed by atoms with van der Waals surface area (Å²) < 4.78 is 17.3. The summed E-state index contributed by atoms with van der Waals surface area (Å²) in [6.07, 6.45) is 4.41. The fourth-order valence-electron chi connectivity index (χ4n) is 3.74. The van der Waals surface area contributed by atoms with Gasteiger partial charge in [-0.2, -0.15) is 0 Å². The lowest BCUT2D eigenvalue weighted by Crippen LogP contribution is -2.37. The van der Waals surface area contributed by atoms with E-state index in [1.807, 2.05) is 42.5 Å². The van der Waals surface area contributed by atoms with E-state index in [4.69, 9.17) is 14.2 Å². The lowest BCUT2D eigenvalue weighted by atomic mass is 10.1. The summed E-state index contributed by atoms with van der Waals surface area (Å²) in [5.41, 5.74) is 2.95. The molecule has 2 aromatic carbocycles. The first kappa shape index (κ1) is 19.7. The second-order valence-electron chi connectivity index (χ2n) is 7.59. The molecule has 0 spiro atoms. The van der Waals surface area contributed by atoms with Crippen molar-refractivity contribution >= 4 is 11.7 Å². The second-order valence-corrected chi connectivity index (χ2v) is 7.59. The molecule has 2 aliphatic heterocycles. The molecular formula is C23H28N2O4. The Kier molecular flexibility index (Phi) is 6.64. The maximum absolute atomic E-state index is 12.2. The lowest BCUT2D eigenvalue weighted by molar-refractivity contribution is -0.0447. The highest BCUT2D eigenvalue weighted by molar-refractivity contribution is 5.89. The van der Waals surface area contributed by atoms with Crippen LogP contribution in [0.5, 0.6) is 5.75 Å². The quantitative estimate of drug-likeness (QED) is 0.745. The number of fused-ring (bicyclic) bond motifs is 1. The third kappa shape index (κ3) is 5.71. The highest BCUT2D eigenvalue weighted by Crippen LogP contribution is 2.27. The standard InChI is InChI=1S/C23H28N2O4/c26-23(24-14-21-13-18-7-1-2-10-22(18)29-21)25-19-8-5-6-17(12-19)15-27-16-20-9-3-4-11-28-20/h1-2,5-8,10,12,20-21H,3-4,9,11,13-16H2,(H2,24,25,26). The van der Waals surface area contributed by atoms with Gasteiger partial charge < -0.3 is 24.8 Å². The molecule has 0 bridgehead atoms. The summed E-state index contributed by atoms with van der Waals surface area (Å²) in [7, 11) is 0. The maximum atomic E-state index is 12.2. The number of amides is 2. The number of hydrogen-bond donors (Lipinski definition) is 2. The molecule has 0 radical (unpaired) electrons. The molecule has 2 unspecified atom stereocenters. The number of carbonyl (C=O) groups is 1. The van der Waals surface area contributed by atoms with Crippen molar-refractivity contribution in [3.63, 3.8) is 0 Å². The van der Waals surface area contributed by atoms with Gasteiger partial charge in [-0.3, -0.25) is 0 Å². The zero-order valence-corrected chi connectivity index (χ0v) is 16.6. The Balaban J connectivity index is 1.19. The largest absolute Gasteiger partial charge is 0.488 e. The van der Waals surface area contributed by atoms with Crippen molar-refractivity contribution in [2.24, 2.45) is 0 Å². The van der Waals surface area contributed by atoms with E-state index < -0.39 is 0 Å². The Labute approximate surface area is 171 Å². The minimum atomic E-state index is -0.238. The molecule has 1 saturated heterocycles. The van der Waals surface area contributed by atoms with Gasteiger partial charge in [-0.25, -0.2) is 4.79 Å². The van der Waals surface area contributed by atoms with Crippen molar-refractivity contribution in [1.82, 2.24) is 5.32 Å². The fourth-order valence-corrected chi connectivity index (χ4v) is 3.74. The van der Waals surface area contributed by atoms with Gasteiger partial charge >= 0.3 is 6.03 Å². The first-order valence-corrected chi connectivity index (χ1v) is 10.3. The molecule has 154 valence electrons. The van der Waals surface area contributed by atoms with Crippen LogP contribution in [0.2, 0.25) is 0 Å². The minimum absolute atomic E-state index is 0.0279. The number of carbonyl (C=O) groups excluding carboxylic acids is 1. The number of benzene rings is 2. The first-order chi connectivity index (χ1) is 14.3. The van der Waals surface area contributed by atoms with Gasteiger partial charge in [-0.05, 0) is 48.6 Å². The molecule has 2 aromatic rings. The average molecular weight is 396 g/mol. The van der Waals surface area contributed by atoms with Crippen LogP contribution in [0, 0.1) is 0 Å². The Morgan fingerprint density at radius 1 is 1.10 bits per heavy atom. The van der Waals surface area contributed by atoms with Gasteiger partial charge in [0, 0.05) is 18.7 Å². The molecule has 4 rings (SSSR count). The molecule has 2 heterocycles. The van der Waals surface area contributed by atoms with E-state index in [0.717, 1.165) is 42.9 Å². The fraction of sp³-hybridized carbons (Fsp3) is 0.435. The van der Waals surface area contributed by atoms with Crippen LogP contribution in [0.15, 0.2) is 48.5 Å². The van der Waals surface area contributed by atoms with Gasteiger partial charge in [0.1, 0.15) is 11.9 Å². The molecule has 6 nitrogen and oxygen atoms in total. The summed E-state index contributed by atoms with van der Waals surface area (Å²) in [5.74, 6) is 0.908. The van der Waals surface area contributed by atoms with Crippen LogP contribution in [0.25, 0.3) is 0 Å². The van der Waals surface area contributed by atoms with Crippen LogP contribution in [-0.2, 0) is 22.5 Å². The van der Waals surface area contributed by atoms with E-state index in [-0.39, 0.29) is 18.2 Å². The van der Waals surface area contributed by atoms with Crippen molar-refractivity contribution in [3.8, 4) is 5.75 Å². The van der Waals surface area contributed by atoms with Crippen molar-refractivity contribution in [3.05, 3.63) is 59.7 Å². The molecule has 2 amide bonds. The third-order valence-corrected chi connectivity index (χ3v) is 5.24. The lowest BCUT2D eigenvalue weighted by Gasteiger charge is -2.22. The summed E-state index contributed by atoms with van der Waals surface area (Å²) in [6.45, 7) is 2.42. The summed E-state index contributed by atoms with van der Waals surface area (Å²) in [4.78, 5) is 12.2. The highest BCUT2D eigenvalue weighted by Gasteiger charge is 2.22. The number of para-hydroxylation sites is 1. The topological polar surface area (TPSA) is 68.8 Å². The minimum Gasteiger partial charge on any atom is -0.488 e. The SMILES string of the molecule is O=C(NCC1Cc2ccccc2O1)Nc1cccc(COCC2CCCCO2)c1. The second kappa shape index (κ2) is 9.76. The van der Waals surface area contributed by atoms with Gasteiger partial charge in [-0.15, -0.1) is 0 Å². The number of rotatable bonds is 7. The third-order valence-electron chi connectivity index (χ3n) is 5.24. The van der Waals surface area contributed by atoms with Crippen molar-refractivity contribution in [2.45, 2.75) is 44.5 Å². The van der Waals surface area contributed by atoms with E-state index in [9.17, 15) is 4.79 Å². The Bertz CT molecular complexity index is 795. The van der Waals surface area contributed by atoms with Crippen molar-refractivity contribution in [2.75, 3.05) is 25.1 Å².